The number of H-pyrrole nitrogens is 1. The number of ether oxygens (including phenoxy) is 1. The third-order valence-electron chi connectivity index (χ3n) is 5.91. The topological polar surface area (TPSA) is 65.6 Å². The highest BCUT2D eigenvalue weighted by Gasteiger charge is 2.49. The van der Waals surface area contributed by atoms with Gasteiger partial charge in [-0.25, -0.2) is 0 Å². The summed E-state index contributed by atoms with van der Waals surface area (Å²) in [6.45, 7) is 4.51. The van der Waals surface area contributed by atoms with Crippen molar-refractivity contribution in [1.82, 2.24) is 14.8 Å². The van der Waals surface area contributed by atoms with Crippen molar-refractivity contribution in [3.63, 3.8) is 0 Å². The minimum atomic E-state index is -0.296. The number of carbonyl (C=O) groups excluding carboxylic acids is 2. The highest BCUT2D eigenvalue weighted by Crippen LogP contribution is 2.38. The molecular weight excluding hydrogens is 306 g/mol. The molecule has 2 saturated heterocycles. The van der Waals surface area contributed by atoms with Crippen molar-refractivity contribution in [1.29, 1.82) is 0 Å². The highest BCUT2D eigenvalue weighted by atomic mass is 16.5. The molecule has 6 nitrogen and oxygen atoms in total. The highest BCUT2D eigenvalue weighted by molar-refractivity contribution is 5.92. The van der Waals surface area contributed by atoms with Crippen LogP contribution in [0.2, 0.25) is 0 Å². The third kappa shape index (κ3) is 2.73. The predicted molar refractivity (Wildman–Crippen MR) is 88.5 cm³/mol. The first kappa shape index (κ1) is 15.7. The van der Waals surface area contributed by atoms with E-state index in [9.17, 15) is 9.59 Å². The Hall–Kier alpha value is -1.82. The zero-order valence-corrected chi connectivity index (χ0v) is 14.2. The van der Waals surface area contributed by atoms with E-state index in [4.69, 9.17) is 4.74 Å². The van der Waals surface area contributed by atoms with Gasteiger partial charge in [-0.3, -0.25) is 9.59 Å². The number of nitrogens with zero attached hydrogens (tertiary/aromatic N) is 2. The predicted octanol–water partition coefficient (Wildman–Crippen LogP) is 1.65. The van der Waals surface area contributed by atoms with Gasteiger partial charge in [0.15, 0.2) is 0 Å². The van der Waals surface area contributed by atoms with E-state index in [-0.39, 0.29) is 30.1 Å². The van der Waals surface area contributed by atoms with Crippen LogP contribution in [0.3, 0.4) is 0 Å². The van der Waals surface area contributed by atoms with Crippen molar-refractivity contribution in [2.75, 3.05) is 26.2 Å². The molecule has 3 heterocycles. The zero-order valence-electron chi connectivity index (χ0n) is 14.2. The van der Waals surface area contributed by atoms with Crippen LogP contribution in [0.1, 0.15) is 43.1 Å². The molecule has 0 unspecified atom stereocenters. The van der Waals surface area contributed by atoms with Gasteiger partial charge >= 0.3 is 0 Å². The molecule has 2 aliphatic heterocycles. The maximum absolute atomic E-state index is 12.5. The number of aromatic nitrogens is 1. The van der Waals surface area contributed by atoms with Gasteiger partial charge in [-0.2, -0.15) is 0 Å². The van der Waals surface area contributed by atoms with Gasteiger partial charge in [0.2, 0.25) is 5.91 Å². The van der Waals surface area contributed by atoms with E-state index in [0.29, 0.717) is 24.7 Å². The van der Waals surface area contributed by atoms with Crippen LogP contribution in [0.5, 0.6) is 0 Å². The molecule has 1 N–H and O–H groups in total. The summed E-state index contributed by atoms with van der Waals surface area (Å²) in [5.41, 5.74) is 0.337. The molecule has 1 spiro atoms. The van der Waals surface area contributed by atoms with Crippen molar-refractivity contribution in [2.24, 2.45) is 5.92 Å². The fraction of sp³-hybridized carbons (Fsp3) is 0.667. The average Bonchev–Trinajstić information content (AvgIpc) is 3.25. The van der Waals surface area contributed by atoms with Crippen LogP contribution in [0.15, 0.2) is 18.3 Å². The first-order chi connectivity index (χ1) is 11.6. The Kier molecular flexibility index (Phi) is 3.87. The molecule has 1 saturated carbocycles. The lowest BCUT2D eigenvalue weighted by molar-refractivity contribution is -0.185. The lowest BCUT2D eigenvalue weighted by Gasteiger charge is -2.51. The molecule has 3 aliphatic rings. The quantitative estimate of drug-likeness (QED) is 0.916. The maximum atomic E-state index is 12.5. The summed E-state index contributed by atoms with van der Waals surface area (Å²) in [4.78, 5) is 31.6. The standard InChI is InChI=1S/C18H25N3O3/c1-13-18(24-12-16(22)21(13)11-14-4-5-14)6-9-20(10-7-18)17(23)15-3-2-8-19-15/h2-3,8,13-14,19H,4-7,9-12H2,1H3/t13-/m0/s1. The van der Waals surface area contributed by atoms with E-state index in [0.717, 1.165) is 19.4 Å². The number of likely N-dealkylation sites (tertiary alicyclic amines) is 1. The first-order valence-corrected chi connectivity index (χ1v) is 8.95. The van der Waals surface area contributed by atoms with E-state index >= 15 is 0 Å². The second-order valence-electron chi connectivity index (χ2n) is 7.39. The van der Waals surface area contributed by atoms with Gasteiger partial charge in [-0.05, 0) is 50.7 Å². The van der Waals surface area contributed by atoms with Crippen molar-refractivity contribution in [3.8, 4) is 0 Å². The summed E-state index contributed by atoms with van der Waals surface area (Å²) in [5.74, 6) is 0.843. The molecule has 1 aromatic heterocycles. The Balaban J connectivity index is 1.43. The summed E-state index contributed by atoms with van der Waals surface area (Å²) < 4.78 is 6.04. The smallest absolute Gasteiger partial charge is 0.270 e. The molecule has 4 rings (SSSR count). The van der Waals surface area contributed by atoms with Gasteiger partial charge in [0.05, 0.1) is 11.6 Å². The number of aromatic amines is 1. The molecule has 6 heteroatoms. The monoisotopic (exact) mass is 331 g/mol. The van der Waals surface area contributed by atoms with Gasteiger partial charge in [-0.15, -0.1) is 0 Å². The number of rotatable bonds is 3. The SMILES string of the molecule is C[C@@H]1N(CC2CC2)C(=O)COC12CCN(C(=O)c1ccc[nH]1)CC2. The number of morpholine rings is 1. The van der Waals surface area contributed by atoms with Crippen molar-refractivity contribution in [3.05, 3.63) is 24.0 Å². The molecule has 1 aliphatic carbocycles. The Morgan fingerprint density at radius 2 is 2.12 bits per heavy atom. The van der Waals surface area contributed by atoms with Crippen molar-refractivity contribution >= 4 is 11.8 Å². The lowest BCUT2D eigenvalue weighted by Crippen LogP contribution is -2.64. The molecule has 0 bridgehead atoms. The number of nitrogens with one attached hydrogen (secondary N) is 1. The fourth-order valence-electron chi connectivity index (χ4n) is 4.03. The van der Waals surface area contributed by atoms with Gasteiger partial charge in [0, 0.05) is 25.8 Å². The van der Waals surface area contributed by atoms with Crippen LogP contribution in [0, 0.1) is 5.92 Å². The molecule has 3 fully saturated rings. The number of piperidine rings is 1. The Morgan fingerprint density at radius 3 is 2.75 bits per heavy atom. The average molecular weight is 331 g/mol. The van der Waals surface area contributed by atoms with Crippen LogP contribution in [-0.4, -0.2) is 64.5 Å². The summed E-state index contributed by atoms with van der Waals surface area (Å²) >= 11 is 0. The van der Waals surface area contributed by atoms with E-state index in [1.165, 1.54) is 12.8 Å². The second kappa shape index (κ2) is 5.92. The number of amides is 2. The Labute approximate surface area is 142 Å². The van der Waals surface area contributed by atoms with Gasteiger partial charge in [-0.1, -0.05) is 0 Å². The molecule has 1 atom stereocenters. The molecular formula is C18H25N3O3. The first-order valence-electron chi connectivity index (χ1n) is 8.95. The molecule has 0 aromatic carbocycles. The summed E-state index contributed by atoms with van der Waals surface area (Å²) in [5, 5.41) is 0. The van der Waals surface area contributed by atoms with Crippen LogP contribution >= 0.6 is 0 Å². The minimum absolute atomic E-state index is 0.0456. The van der Waals surface area contributed by atoms with Crippen LogP contribution in [0.25, 0.3) is 0 Å². The summed E-state index contributed by atoms with van der Waals surface area (Å²) in [7, 11) is 0. The normalized spacial score (nSPS) is 26.9. The Morgan fingerprint density at radius 1 is 1.38 bits per heavy atom. The van der Waals surface area contributed by atoms with E-state index in [1.807, 2.05) is 21.9 Å². The van der Waals surface area contributed by atoms with Crippen molar-refractivity contribution in [2.45, 2.75) is 44.2 Å². The van der Waals surface area contributed by atoms with Crippen LogP contribution in [0.4, 0.5) is 0 Å². The lowest BCUT2D eigenvalue weighted by atomic mass is 9.82. The number of carbonyl (C=O) groups is 2. The molecule has 0 radical (unpaired) electrons. The van der Waals surface area contributed by atoms with Gasteiger partial charge in [0.1, 0.15) is 12.3 Å². The zero-order chi connectivity index (χ0) is 16.7. The third-order valence-corrected chi connectivity index (χ3v) is 5.91. The maximum Gasteiger partial charge on any atom is 0.270 e. The molecule has 130 valence electrons. The van der Waals surface area contributed by atoms with E-state index in [2.05, 4.69) is 11.9 Å². The van der Waals surface area contributed by atoms with Crippen LogP contribution < -0.4 is 0 Å². The molecule has 24 heavy (non-hydrogen) atoms. The minimum Gasteiger partial charge on any atom is -0.363 e. The van der Waals surface area contributed by atoms with Crippen LogP contribution in [-0.2, 0) is 9.53 Å². The number of hydrogen-bond acceptors (Lipinski definition) is 3. The van der Waals surface area contributed by atoms with E-state index in [1.54, 1.807) is 6.20 Å². The van der Waals surface area contributed by atoms with Crippen molar-refractivity contribution < 1.29 is 14.3 Å². The van der Waals surface area contributed by atoms with E-state index < -0.39 is 0 Å². The Bertz CT molecular complexity index is 615. The van der Waals surface area contributed by atoms with Gasteiger partial charge < -0.3 is 19.5 Å². The molecule has 2 amide bonds. The summed E-state index contributed by atoms with van der Waals surface area (Å²) in [6.07, 6.45) is 5.82. The second-order valence-corrected chi connectivity index (χ2v) is 7.39. The number of hydrogen-bond donors (Lipinski definition) is 1. The largest absolute Gasteiger partial charge is 0.363 e. The molecule has 1 aromatic rings. The van der Waals surface area contributed by atoms with Gasteiger partial charge in [0.25, 0.3) is 5.91 Å². The fourth-order valence-corrected chi connectivity index (χ4v) is 4.03. The summed E-state index contributed by atoms with van der Waals surface area (Å²) in [6, 6.07) is 3.73.